The third kappa shape index (κ3) is 3.19. The van der Waals surface area contributed by atoms with E-state index < -0.39 is 30.9 Å². The predicted octanol–water partition coefficient (Wildman–Crippen LogP) is 1.92. The molecule has 1 aliphatic rings. The van der Waals surface area contributed by atoms with Crippen LogP contribution in [0.5, 0.6) is 0 Å². The Kier molecular flexibility index (Phi) is 2.16. The molecule has 0 radical (unpaired) electrons. The summed E-state index contributed by atoms with van der Waals surface area (Å²) in [5.74, 6) is 0. The molecule has 0 aliphatic carbocycles. The molecule has 0 bridgehead atoms. The van der Waals surface area contributed by atoms with Gasteiger partial charge in [-0.3, -0.25) is 0 Å². The highest BCUT2D eigenvalue weighted by Crippen LogP contribution is 2.21. The smallest absolute Gasteiger partial charge is 0.407 e. The minimum Gasteiger partial charge on any atom is -0.447 e. The van der Waals surface area contributed by atoms with Crippen LogP contribution in [0.15, 0.2) is 24.3 Å². The highest BCUT2D eigenvalue weighted by atomic mass is 16.6. The molecule has 5 heteroatoms. The molecule has 5 nitrogen and oxygen atoms in total. The number of hydrogen-bond donors (Lipinski definition) is 2. The number of carbonyl (C=O) groups excluding carboxylic acids is 1. The summed E-state index contributed by atoms with van der Waals surface area (Å²) in [7, 11) is 3.41. The number of hydrogen-bond acceptors (Lipinski definition) is 3. The van der Waals surface area contributed by atoms with Crippen molar-refractivity contribution in [1.29, 1.82) is 0 Å². The average molecular weight is 294 g/mol. The first-order valence-electron chi connectivity index (χ1n) is 10.1. The van der Waals surface area contributed by atoms with Crippen molar-refractivity contribution in [3.63, 3.8) is 0 Å². The van der Waals surface area contributed by atoms with Crippen LogP contribution in [0.3, 0.4) is 0 Å². The second kappa shape index (κ2) is 5.77. The van der Waals surface area contributed by atoms with Crippen molar-refractivity contribution < 1.29 is 19.1 Å². The van der Waals surface area contributed by atoms with Gasteiger partial charge in [0.15, 0.2) is 0 Å². The Bertz CT molecular complexity index is 942. The Balaban J connectivity index is 2.25. The Hall–Kier alpha value is -2.01. The van der Waals surface area contributed by atoms with E-state index in [2.05, 4.69) is 10.3 Å². The summed E-state index contributed by atoms with van der Waals surface area (Å²) in [6, 6.07) is -2.31. The summed E-state index contributed by atoms with van der Waals surface area (Å²) in [5, 5.41) is 2.39. The van der Waals surface area contributed by atoms with Crippen molar-refractivity contribution in [2.75, 3.05) is 27.2 Å². The third-order valence-electron chi connectivity index (χ3n) is 3.02. The van der Waals surface area contributed by atoms with Crippen LogP contribution in [0.2, 0.25) is 0 Å². The molecule has 3 rings (SSSR count). The maximum atomic E-state index is 11.3. The molecule has 112 valence electrons. The lowest BCUT2D eigenvalue weighted by molar-refractivity contribution is 0.177. The molecular weight excluding hydrogens is 266 g/mol. The molecule has 0 saturated carbocycles. The van der Waals surface area contributed by atoms with Crippen LogP contribution in [0.4, 0.5) is 4.79 Å². The zero-order valence-corrected chi connectivity index (χ0v) is 11.8. The number of alkyl carbamates (subject to hydrolysis) is 1. The van der Waals surface area contributed by atoms with Gasteiger partial charge in [0.05, 0.1) is 10.2 Å². The lowest BCUT2D eigenvalue weighted by Crippen LogP contribution is -2.28. The molecule has 0 unspecified atom stereocenters. The van der Waals surface area contributed by atoms with E-state index in [0.29, 0.717) is 0 Å². The molecule has 1 atom stereocenters. The Morgan fingerprint density at radius 2 is 2.38 bits per heavy atom. The van der Waals surface area contributed by atoms with Gasteiger partial charge in [0.25, 0.3) is 0 Å². The van der Waals surface area contributed by atoms with E-state index in [0.717, 1.165) is 0 Å². The van der Waals surface area contributed by atoms with Gasteiger partial charge in [0.2, 0.25) is 0 Å². The molecule has 1 fully saturated rings. The standard InChI is InChI=1S/C16H21N3O2/c1-19(2)6-5-12-9-17-15-4-3-11(8-14(12)15)7-13-10-21-16(20)18-13/h3-4,8-9,13,17H,5-7,10H2,1-2H3,(H,18,20)/t13-/m0/s1/i3D,4D,5D2,7D2,8D. The first kappa shape index (κ1) is 7.84. The molecule has 2 N–H and O–H groups in total. The van der Waals surface area contributed by atoms with Crippen LogP contribution in [-0.4, -0.2) is 49.3 Å². The van der Waals surface area contributed by atoms with Crippen LogP contribution < -0.4 is 5.32 Å². The molecule has 1 amide bonds. The largest absolute Gasteiger partial charge is 0.447 e. The van der Waals surface area contributed by atoms with Crippen LogP contribution in [0.25, 0.3) is 10.9 Å². The summed E-state index contributed by atoms with van der Waals surface area (Å²) >= 11 is 0. The Morgan fingerprint density at radius 3 is 3.10 bits per heavy atom. The van der Waals surface area contributed by atoms with E-state index in [4.69, 9.17) is 14.3 Å². The van der Waals surface area contributed by atoms with Gasteiger partial charge in [-0.1, -0.05) is 6.04 Å². The minimum absolute atomic E-state index is 0.0180. The van der Waals surface area contributed by atoms with Crippen LogP contribution >= 0.6 is 0 Å². The lowest BCUT2D eigenvalue weighted by Gasteiger charge is -2.09. The normalized spacial score (nSPS) is 24.4. The average Bonchev–Trinajstić information content (AvgIpc) is 3.18. The van der Waals surface area contributed by atoms with Gasteiger partial charge in [-0.25, -0.2) is 4.79 Å². The molecule has 0 spiro atoms. The molecule has 1 aromatic heterocycles. The van der Waals surface area contributed by atoms with E-state index >= 15 is 0 Å². The number of cyclic esters (lactones) is 1. The fourth-order valence-electron chi connectivity index (χ4n) is 2.02. The molecule has 1 saturated heterocycles. The topological polar surface area (TPSA) is 57.4 Å². The van der Waals surface area contributed by atoms with Crippen molar-refractivity contribution in [2.24, 2.45) is 0 Å². The monoisotopic (exact) mass is 294 g/mol. The zero-order valence-electron chi connectivity index (χ0n) is 18.8. The van der Waals surface area contributed by atoms with Crippen molar-refractivity contribution in [1.82, 2.24) is 15.2 Å². The Labute approximate surface area is 134 Å². The summed E-state index contributed by atoms with van der Waals surface area (Å²) in [4.78, 5) is 15.8. The molecule has 2 aromatic rings. The molecule has 21 heavy (non-hydrogen) atoms. The maximum absolute atomic E-state index is 11.3. The van der Waals surface area contributed by atoms with Crippen molar-refractivity contribution in [3.05, 3.63) is 35.5 Å². The first-order chi connectivity index (χ1) is 12.9. The first-order valence-corrected chi connectivity index (χ1v) is 6.57. The predicted molar refractivity (Wildman–Crippen MR) is 82.5 cm³/mol. The zero-order chi connectivity index (χ0) is 21.0. The van der Waals surface area contributed by atoms with E-state index in [1.54, 1.807) is 19.0 Å². The van der Waals surface area contributed by atoms with Crippen LogP contribution in [-0.2, 0) is 17.5 Å². The van der Waals surface area contributed by atoms with E-state index in [1.807, 2.05) is 0 Å². The van der Waals surface area contributed by atoms with Crippen molar-refractivity contribution in [3.8, 4) is 0 Å². The number of aromatic nitrogens is 1. The van der Waals surface area contributed by atoms with Crippen molar-refractivity contribution >= 4 is 17.0 Å². The highest BCUT2D eigenvalue weighted by Gasteiger charge is 2.22. The second-order valence-corrected chi connectivity index (χ2v) is 5.06. The van der Waals surface area contributed by atoms with Gasteiger partial charge >= 0.3 is 6.09 Å². The summed E-state index contributed by atoms with van der Waals surface area (Å²) in [5.41, 5.74) is -0.139. The summed E-state index contributed by atoms with van der Waals surface area (Å²) in [6.07, 6.45) is -3.65. The lowest BCUT2D eigenvalue weighted by atomic mass is 10.0. The second-order valence-electron chi connectivity index (χ2n) is 5.06. The number of fused-ring (bicyclic) bond motifs is 1. The van der Waals surface area contributed by atoms with Gasteiger partial charge < -0.3 is 19.9 Å². The third-order valence-corrected chi connectivity index (χ3v) is 3.02. The van der Waals surface area contributed by atoms with E-state index in [-0.39, 0.29) is 47.3 Å². The fourth-order valence-corrected chi connectivity index (χ4v) is 2.02. The molecule has 1 aromatic carbocycles. The number of ether oxygens (including phenoxy) is 1. The maximum Gasteiger partial charge on any atom is 0.407 e. The van der Waals surface area contributed by atoms with Gasteiger partial charge in [-0.05, 0) is 50.1 Å². The number of rotatable bonds is 5. The Morgan fingerprint density at radius 1 is 1.52 bits per heavy atom. The van der Waals surface area contributed by atoms with E-state index in [9.17, 15) is 4.79 Å². The fraction of sp³-hybridized carbons (Fsp3) is 0.438. The van der Waals surface area contributed by atoms with E-state index in [1.165, 1.54) is 6.20 Å². The van der Waals surface area contributed by atoms with Crippen LogP contribution in [0.1, 0.15) is 20.7 Å². The summed E-state index contributed by atoms with van der Waals surface area (Å²) in [6.45, 7) is -0.248. The number of H-pyrrole nitrogens is 1. The SMILES string of the molecule is [2H]c1c(C([2H])([2H])[C@H]2COC(=O)N2)c([2H])c2c(C([2H])([2H])CN(C)C)c[nH]c2c1[2H]. The number of aromatic amines is 1. The summed E-state index contributed by atoms with van der Waals surface area (Å²) < 4.78 is 63.4. The molecule has 2 heterocycles. The van der Waals surface area contributed by atoms with Gasteiger partial charge in [-0.2, -0.15) is 0 Å². The highest BCUT2D eigenvalue weighted by molar-refractivity contribution is 5.84. The van der Waals surface area contributed by atoms with Gasteiger partial charge in [0.1, 0.15) is 6.61 Å². The number of likely N-dealkylation sites (N-methyl/N-ethyl adjacent to an activating group) is 1. The van der Waals surface area contributed by atoms with Crippen molar-refractivity contribution in [2.45, 2.75) is 18.8 Å². The number of carbonyl (C=O) groups is 1. The number of benzene rings is 1. The number of nitrogens with one attached hydrogen (secondary N) is 2. The van der Waals surface area contributed by atoms with Crippen LogP contribution in [0, 0.1) is 0 Å². The number of amides is 1. The minimum atomic E-state index is -2.35. The molecule has 1 aliphatic heterocycles. The van der Waals surface area contributed by atoms with Gasteiger partial charge in [0, 0.05) is 29.1 Å². The quantitative estimate of drug-likeness (QED) is 0.886. The van der Waals surface area contributed by atoms with Gasteiger partial charge in [-0.15, -0.1) is 0 Å². The number of nitrogens with zero attached hydrogens (tertiary/aromatic N) is 1. The molecular formula is C16H21N3O2.